The van der Waals surface area contributed by atoms with Crippen LogP contribution >= 0.6 is 0 Å². The van der Waals surface area contributed by atoms with Crippen molar-refractivity contribution < 1.29 is 0 Å². The number of likely N-dealkylation sites (tertiary alicyclic amines) is 1. The lowest BCUT2D eigenvalue weighted by atomic mass is 10.1. The average Bonchev–Trinajstić information content (AvgIpc) is 2.75. The molecule has 0 amide bonds. The summed E-state index contributed by atoms with van der Waals surface area (Å²) in [5.41, 5.74) is 7.28. The van der Waals surface area contributed by atoms with E-state index in [2.05, 4.69) is 22.1 Å². The first-order valence-electron chi connectivity index (χ1n) is 5.58. The third kappa shape index (κ3) is 1.89. The lowest BCUT2D eigenvalue weighted by molar-refractivity contribution is 0.239. The quantitative estimate of drug-likeness (QED) is 0.778. The fourth-order valence-corrected chi connectivity index (χ4v) is 2.39. The van der Waals surface area contributed by atoms with Crippen molar-refractivity contribution in [3.05, 3.63) is 11.9 Å². The topological polar surface area (TPSA) is 60.0 Å². The van der Waals surface area contributed by atoms with Gasteiger partial charge in [-0.2, -0.15) is 0 Å². The third-order valence-corrected chi connectivity index (χ3v) is 3.11. The zero-order chi connectivity index (χ0) is 10.8. The van der Waals surface area contributed by atoms with Gasteiger partial charge in [-0.15, -0.1) is 5.10 Å². The van der Waals surface area contributed by atoms with Crippen LogP contribution in [-0.2, 0) is 7.05 Å². The molecule has 0 saturated carbocycles. The predicted molar refractivity (Wildman–Crippen MR) is 58.2 cm³/mol. The summed E-state index contributed by atoms with van der Waals surface area (Å²) >= 11 is 0. The van der Waals surface area contributed by atoms with Gasteiger partial charge in [0, 0.05) is 19.6 Å². The Morgan fingerprint density at radius 2 is 2.40 bits per heavy atom. The first-order chi connectivity index (χ1) is 7.24. The van der Waals surface area contributed by atoms with Crippen LogP contribution in [0.25, 0.3) is 0 Å². The molecule has 1 aromatic rings. The van der Waals surface area contributed by atoms with E-state index in [-0.39, 0.29) is 6.04 Å². The van der Waals surface area contributed by atoms with E-state index in [0.717, 1.165) is 31.6 Å². The van der Waals surface area contributed by atoms with E-state index in [9.17, 15) is 0 Å². The third-order valence-electron chi connectivity index (χ3n) is 3.11. The van der Waals surface area contributed by atoms with Crippen LogP contribution in [0.3, 0.4) is 0 Å². The molecular weight excluding hydrogens is 190 g/mol. The zero-order valence-corrected chi connectivity index (χ0v) is 9.43. The van der Waals surface area contributed by atoms with Crippen LogP contribution in [-0.4, -0.2) is 39.0 Å². The summed E-state index contributed by atoms with van der Waals surface area (Å²) in [4.78, 5) is 2.43. The van der Waals surface area contributed by atoms with Crippen LogP contribution in [0.15, 0.2) is 6.20 Å². The van der Waals surface area contributed by atoms with E-state index < -0.39 is 0 Å². The van der Waals surface area contributed by atoms with E-state index in [0.29, 0.717) is 6.04 Å². The Hall–Kier alpha value is -0.940. The molecule has 0 aromatic carbocycles. The molecule has 1 aliphatic rings. The van der Waals surface area contributed by atoms with Crippen molar-refractivity contribution in [3.63, 3.8) is 0 Å². The highest BCUT2D eigenvalue weighted by Gasteiger charge is 2.34. The number of aryl methyl sites for hydroxylation is 1. The minimum atomic E-state index is 0.216. The number of hydrogen-bond acceptors (Lipinski definition) is 4. The van der Waals surface area contributed by atoms with Crippen molar-refractivity contribution in [2.24, 2.45) is 12.8 Å². The fraction of sp³-hybridized carbons (Fsp3) is 0.800. The van der Waals surface area contributed by atoms with Crippen LogP contribution in [0, 0.1) is 0 Å². The molecule has 1 saturated heterocycles. The van der Waals surface area contributed by atoms with E-state index in [1.165, 1.54) is 0 Å². The number of aromatic nitrogens is 3. The second-order valence-electron chi connectivity index (χ2n) is 4.22. The molecule has 2 rings (SSSR count). The molecule has 15 heavy (non-hydrogen) atoms. The van der Waals surface area contributed by atoms with Gasteiger partial charge in [-0.3, -0.25) is 9.58 Å². The lowest BCUT2D eigenvalue weighted by Crippen LogP contribution is -2.33. The Balaban J connectivity index is 2.21. The fourth-order valence-electron chi connectivity index (χ4n) is 2.39. The molecule has 2 N–H and O–H groups in total. The van der Waals surface area contributed by atoms with Crippen molar-refractivity contribution >= 4 is 0 Å². The number of hydrogen-bond donors (Lipinski definition) is 1. The maximum absolute atomic E-state index is 6.15. The van der Waals surface area contributed by atoms with E-state index in [4.69, 9.17) is 5.73 Å². The van der Waals surface area contributed by atoms with Gasteiger partial charge in [0.25, 0.3) is 0 Å². The van der Waals surface area contributed by atoms with Gasteiger partial charge in [-0.05, 0) is 19.4 Å². The summed E-state index contributed by atoms with van der Waals surface area (Å²) in [6.45, 7) is 4.39. The monoisotopic (exact) mass is 209 g/mol. The second kappa shape index (κ2) is 4.28. The molecule has 5 heteroatoms. The zero-order valence-electron chi connectivity index (χ0n) is 9.43. The first-order valence-corrected chi connectivity index (χ1v) is 5.58. The second-order valence-corrected chi connectivity index (χ2v) is 4.22. The van der Waals surface area contributed by atoms with Gasteiger partial charge in [0.1, 0.15) is 0 Å². The smallest absolute Gasteiger partial charge is 0.0771 e. The Kier molecular flexibility index (Phi) is 3.02. The Morgan fingerprint density at radius 1 is 1.60 bits per heavy atom. The summed E-state index contributed by atoms with van der Waals surface area (Å²) in [5, 5.41) is 7.90. The van der Waals surface area contributed by atoms with Crippen molar-refractivity contribution in [3.8, 4) is 0 Å². The molecule has 5 nitrogen and oxygen atoms in total. The van der Waals surface area contributed by atoms with E-state index in [1.54, 1.807) is 0 Å². The molecule has 84 valence electrons. The molecule has 1 aliphatic heterocycles. The molecule has 0 aliphatic carbocycles. The maximum Gasteiger partial charge on any atom is 0.0771 e. The Bertz CT molecular complexity index is 319. The first kappa shape index (κ1) is 10.6. The van der Waals surface area contributed by atoms with Crippen molar-refractivity contribution in [2.75, 3.05) is 13.1 Å². The van der Waals surface area contributed by atoms with Gasteiger partial charge in [-0.1, -0.05) is 12.1 Å². The van der Waals surface area contributed by atoms with Crippen molar-refractivity contribution in [2.45, 2.75) is 31.8 Å². The maximum atomic E-state index is 6.15. The standard InChI is InChI=1S/C10H19N5/c1-3-5-15-6-4-8(11)10(15)9-7-12-13-14(9)2/h7-8,10H,3-6,11H2,1-2H3/t8-,10-/m0/s1. The summed E-state index contributed by atoms with van der Waals surface area (Å²) in [6, 6.07) is 0.513. The highest BCUT2D eigenvalue weighted by molar-refractivity contribution is 5.09. The normalized spacial score (nSPS) is 27.4. The molecule has 2 atom stereocenters. The summed E-state index contributed by atoms with van der Waals surface area (Å²) in [6.07, 6.45) is 4.06. The molecule has 0 radical (unpaired) electrons. The minimum Gasteiger partial charge on any atom is -0.326 e. The summed E-state index contributed by atoms with van der Waals surface area (Å²) < 4.78 is 1.83. The number of rotatable bonds is 3. The van der Waals surface area contributed by atoms with Crippen molar-refractivity contribution in [1.82, 2.24) is 19.9 Å². The molecule has 0 unspecified atom stereocenters. The van der Waals surface area contributed by atoms with Crippen LogP contribution in [0.2, 0.25) is 0 Å². The van der Waals surface area contributed by atoms with Crippen molar-refractivity contribution in [1.29, 1.82) is 0 Å². The van der Waals surface area contributed by atoms with E-state index >= 15 is 0 Å². The Morgan fingerprint density at radius 3 is 3.00 bits per heavy atom. The van der Waals surface area contributed by atoms with Gasteiger partial charge in [0.15, 0.2) is 0 Å². The molecule has 0 spiro atoms. The minimum absolute atomic E-state index is 0.216. The largest absolute Gasteiger partial charge is 0.326 e. The van der Waals surface area contributed by atoms with Crippen LogP contribution < -0.4 is 5.73 Å². The number of nitrogens with two attached hydrogens (primary N) is 1. The summed E-state index contributed by atoms with van der Waals surface area (Å²) in [5.74, 6) is 0. The summed E-state index contributed by atoms with van der Waals surface area (Å²) in [7, 11) is 1.93. The molecule has 1 aromatic heterocycles. The van der Waals surface area contributed by atoms with Crippen LogP contribution in [0.1, 0.15) is 31.5 Å². The van der Waals surface area contributed by atoms with Gasteiger partial charge >= 0.3 is 0 Å². The lowest BCUT2D eigenvalue weighted by Gasteiger charge is -2.25. The highest BCUT2D eigenvalue weighted by atomic mass is 15.4. The molecule has 2 heterocycles. The molecule has 1 fully saturated rings. The molecular formula is C10H19N5. The van der Waals surface area contributed by atoms with Gasteiger partial charge in [0.05, 0.1) is 17.9 Å². The van der Waals surface area contributed by atoms with Gasteiger partial charge in [0.2, 0.25) is 0 Å². The Labute approximate surface area is 90.2 Å². The van der Waals surface area contributed by atoms with Gasteiger partial charge in [-0.25, -0.2) is 0 Å². The molecule has 0 bridgehead atoms. The highest BCUT2D eigenvalue weighted by Crippen LogP contribution is 2.30. The van der Waals surface area contributed by atoms with Crippen LogP contribution in [0.5, 0.6) is 0 Å². The van der Waals surface area contributed by atoms with E-state index in [1.807, 2.05) is 17.9 Å². The van der Waals surface area contributed by atoms with Crippen LogP contribution in [0.4, 0.5) is 0 Å². The SMILES string of the molecule is CCCN1CC[C@H](N)[C@H]1c1cnnn1C. The van der Waals surface area contributed by atoms with Gasteiger partial charge < -0.3 is 5.73 Å². The average molecular weight is 209 g/mol. The number of nitrogens with zero attached hydrogens (tertiary/aromatic N) is 4. The predicted octanol–water partition coefficient (Wildman–Crippen LogP) is 0.299.